The highest BCUT2D eigenvalue weighted by atomic mass is 19.1. The number of pyridine rings is 1. The minimum atomic E-state index is -0.652. The van der Waals surface area contributed by atoms with Crippen molar-refractivity contribution in [3.8, 4) is 0 Å². The van der Waals surface area contributed by atoms with Gasteiger partial charge in [0, 0.05) is 43.8 Å². The fourth-order valence-electron chi connectivity index (χ4n) is 4.63. The van der Waals surface area contributed by atoms with E-state index < -0.39 is 22.8 Å². The Morgan fingerprint density at radius 2 is 1.76 bits per heavy atom. The lowest BCUT2D eigenvalue weighted by Gasteiger charge is -2.37. The van der Waals surface area contributed by atoms with Gasteiger partial charge in [0.2, 0.25) is 5.43 Å². The van der Waals surface area contributed by atoms with E-state index in [0.717, 1.165) is 38.5 Å². The second kappa shape index (κ2) is 11.1. The minimum absolute atomic E-state index is 0.0481. The van der Waals surface area contributed by atoms with Crippen molar-refractivity contribution < 1.29 is 23.5 Å². The molecule has 4 rings (SSSR count). The predicted molar refractivity (Wildman–Crippen MR) is 141 cm³/mol. The van der Waals surface area contributed by atoms with Crippen LogP contribution in [0.25, 0.3) is 10.9 Å². The smallest absolute Gasteiger partial charge is 0.410 e. The SMILES string of the molecule is CCCCCCOC(=O)c1cn(C2CC2)c2cc(N3CCN(C(=O)OC(C)(C)C)CC3)c(F)cc2c1=O. The van der Waals surface area contributed by atoms with E-state index in [2.05, 4.69) is 6.92 Å². The number of halogens is 1. The fourth-order valence-corrected chi connectivity index (χ4v) is 4.63. The van der Waals surface area contributed by atoms with Gasteiger partial charge in [0.05, 0.1) is 17.8 Å². The molecule has 1 saturated heterocycles. The van der Waals surface area contributed by atoms with Crippen molar-refractivity contribution in [1.82, 2.24) is 9.47 Å². The number of piperazine rings is 1. The normalized spacial score (nSPS) is 16.2. The topological polar surface area (TPSA) is 81.1 Å². The third kappa shape index (κ3) is 6.43. The van der Waals surface area contributed by atoms with Crippen LogP contribution in [0.15, 0.2) is 23.1 Å². The number of hydrogen-bond acceptors (Lipinski definition) is 6. The number of carbonyl (C=O) groups excluding carboxylic acids is 2. The number of esters is 1. The fraction of sp³-hybridized carbons (Fsp3) is 0.607. The number of fused-ring (bicyclic) bond motifs is 1. The molecule has 0 radical (unpaired) electrons. The van der Waals surface area contributed by atoms with Crippen molar-refractivity contribution in [2.24, 2.45) is 0 Å². The van der Waals surface area contributed by atoms with E-state index in [1.165, 1.54) is 6.07 Å². The number of amides is 1. The van der Waals surface area contributed by atoms with E-state index in [-0.39, 0.29) is 29.7 Å². The molecule has 1 saturated carbocycles. The number of unbranched alkanes of at least 4 members (excludes halogenated alkanes) is 3. The Bertz CT molecular complexity index is 1210. The molecule has 0 unspecified atom stereocenters. The molecule has 2 aromatic rings. The molecular weight excluding hydrogens is 477 g/mol. The quantitative estimate of drug-likeness (QED) is 0.352. The van der Waals surface area contributed by atoms with Crippen molar-refractivity contribution in [1.29, 1.82) is 0 Å². The lowest BCUT2D eigenvalue weighted by molar-refractivity contribution is 0.0240. The van der Waals surface area contributed by atoms with Gasteiger partial charge >= 0.3 is 12.1 Å². The highest BCUT2D eigenvalue weighted by Gasteiger charge is 2.30. The predicted octanol–water partition coefficient (Wildman–Crippen LogP) is 5.27. The van der Waals surface area contributed by atoms with E-state index >= 15 is 4.39 Å². The maximum Gasteiger partial charge on any atom is 0.410 e. The average Bonchev–Trinajstić information content (AvgIpc) is 3.68. The van der Waals surface area contributed by atoms with Gasteiger partial charge in [-0.05, 0) is 52.2 Å². The number of aromatic nitrogens is 1. The molecule has 0 N–H and O–H groups in total. The van der Waals surface area contributed by atoms with Crippen molar-refractivity contribution in [3.05, 3.63) is 39.9 Å². The van der Waals surface area contributed by atoms with Crippen LogP contribution < -0.4 is 10.3 Å². The van der Waals surface area contributed by atoms with Crippen LogP contribution in [0.2, 0.25) is 0 Å². The van der Waals surface area contributed by atoms with Crippen molar-refractivity contribution in [3.63, 3.8) is 0 Å². The van der Waals surface area contributed by atoms with Gasteiger partial charge in [0.25, 0.3) is 0 Å². The Balaban J connectivity index is 1.56. The van der Waals surface area contributed by atoms with Crippen LogP contribution in [-0.2, 0) is 9.47 Å². The van der Waals surface area contributed by atoms with Crippen LogP contribution in [0, 0.1) is 5.82 Å². The summed E-state index contributed by atoms with van der Waals surface area (Å²) < 4.78 is 28.1. The van der Waals surface area contributed by atoms with Gasteiger partial charge in [-0.2, -0.15) is 0 Å². The molecule has 202 valence electrons. The van der Waals surface area contributed by atoms with Gasteiger partial charge in [0.1, 0.15) is 17.0 Å². The summed E-state index contributed by atoms with van der Waals surface area (Å²) in [6.07, 6.45) is 6.95. The lowest BCUT2D eigenvalue weighted by Crippen LogP contribution is -2.50. The first-order chi connectivity index (χ1) is 17.6. The summed E-state index contributed by atoms with van der Waals surface area (Å²) in [7, 11) is 0. The summed E-state index contributed by atoms with van der Waals surface area (Å²) in [4.78, 5) is 41.9. The number of hydrogen-bond donors (Lipinski definition) is 0. The van der Waals surface area contributed by atoms with Crippen LogP contribution in [0.4, 0.5) is 14.9 Å². The lowest BCUT2D eigenvalue weighted by atomic mass is 10.1. The molecule has 1 aliphatic carbocycles. The van der Waals surface area contributed by atoms with Crippen LogP contribution in [0.3, 0.4) is 0 Å². The maximum atomic E-state index is 15.4. The zero-order chi connectivity index (χ0) is 26.7. The number of ether oxygens (including phenoxy) is 2. The highest BCUT2D eigenvalue weighted by molar-refractivity contribution is 5.94. The summed E-state index contributed by atoms with van der Waals surface area (Å²) in [5.74, 6) is -1.18. The monoisotopic (exact) mass is 515 g/mol. The zero-order valence-corrected chi connectivity index (χ0v) is 22.3. The van der Waals surface area contributed by atoms with Gasteiger partial charge in [0.15, 0.2) is 0 Å². The summed E-state index contributed by atoms with van der Waals surface area (Å²) in [6, 6.07) is 3.11. The van der Waals surface area contributed by atoms with Crippen molar-refractivity contribution >= 4 is 28.7 Å². The number of carbonyl (C=O) groups is 2. The number of benzene rings is 1. The first-order valence-corrected chi connectivity index (χ1v) is 13.4. The Morgan fingerprint density at radius 1 is 1.05 bits per heavy atom. The van der Waals surface area contributed by atoms with Crippen molar-refractivity contribution in [2.45, 2.75) is 77.9 Å². The van der Waals surface area contributed by atoms with Crippen LogP contribution in [0.1, 0.15) is 82.6 Å². The third-order valence-corrected chi connectivity index (χ3v) is 6.76. The Morgan fingerprint density at radius 3 is 2.38 bits per heavy atom. The molecule has 0 bridgehead atoms. The number of anilines is 1. The van der Waals surface area contributed by atoms with E-state index in [1.54, 1.807) is 17.2 Å². The molecule has 9 heteroatoms. The van der Waals surface area contributed by atoms with Crippen LogP contribution in [0.5, 0.6) is 0 Å². The number of nitrogens with zero attached hydrogens (tertiary/aromatic N) is 3. The molecule has 1 aliphatic heterocycles. The Kier molecular flexibility index (Phi) is 8.09. The summed E-state index contributed by atoms with van der Waals surface area (Å²) in [5.41, 5.74) is -0.140. The molecule has 1 aromatic carbocycles. The average molecular weight is 516 g/mol. The van der Waals surface area contributed by atoms with Gasteiger partial charge < -0.3 is 23.8 Å². The molecular formula is C28H38FN3O5. The van der Waals surface area contributed by atoms with Crippen LogP contribution in [-0.4, -0.2) is 59.9 Å². The second-order valence-electron chi connectivity index (χ2n) is 11.0. The molecule has 1 amide bonds. The summed E-state index contributed by atoms with van der Waals surface area (Å²) in [6.45, 7) is 9.54. The van der Waals surface area contributed by atoms with Crippen LogP contribution >= 0.6 is 0 Å². The Labute approximate surface area is 217 Å². The maximum absolute atomic E-state index is 15.4. The molecule has 0 spiro atoms. The third-order valence-electron chi connectivity index (χ3n) is 6.76. The highest BCUT2D eigenvalue weighted by Crippen LogP contribution is 2.38. The van der Waals surface area contributed by atoms with E-state index in [9.17, 15) is 14.4 Å². The standard InChI is InChI=1S/C28H38FN3O5/c1-5-6-7-8-15-36-26(34)21-18-32(19-9-10-19)23-17-24(22(29)16-20(23)25(21)33)30-11-13-31(14-12-30)27(35)37-28(2,3)4/h16-19H,5-15H2,1-4H3. The second-order valence-corrected chi connectivity index (χ2v) is 11.0. The van der Waals surface area contributed by atoms with Gasteiger partial charge in [-0.3, -0.25) is 4.79 Å². The summed E-state index contributed by atoms with van der Waals surface area (Å²) >= 11 is 0. The molecule has 2 fully saturated rings. The van der Waals surface area contributed by atoms with Gasteiger partial charge in [-0.15, -0.1) is 0 Å². The first-order valence-electron chi connectivity index (χ1n) is 13.4. The minimum Gasteiger partial charge on any atom is -0.462 e. The van der Waals surface area contributed by atoms with Gasteiger partial charge in [-0.25, -0.2) is 14.0 Å². The zero-order valence-electron chi connectivity index (χ0n) is 22.3. The molecule has 2 aliphatic rings. The first kappa shape index (κ1) is 26.9. The van der Waals surface area contributed by atoms with E-state index in [1.807, 2.05) is 30.2 Å². The molecule has 0 atom stereocenters. The molecule has 37 heavy (non-hydrogen) atoms. The molecule has 1 aromatic heterocycles. The van der Waals surface area contributed by atoms with Crippen molar-refractivity contribution in [2.75, 3.05) is 37.7 Å². The van der Waals surface area contributed by atoms with E-state index in [4.69, 9.17) is 9.47 Å². The molecule has 8 nitrogen and oxygen atoms in total. The summed E-state index contributed by atoms with van der Waals surface area (Å²) in [5, 5.41) is 0.181. The Hall–Kier alpha value is -3.10. The van der Waals surface area contributed by atoms with Gasteiger partial charge in [-0.1, -0.05) is 26.2 Å². The number of rotatable bonds is 8. The molecule has 2 heterocycles. The van der Waals surface area contributed by atoms with E-state index in [0.29, 0.717) is 37.4 Å². The largest absolute Gasteiger partial charge is 0.462 e.